The molecule has 0 spiro atoms. The third-order valence-electron chi connectivity index (χ3n) is 4.92. The first-order valence-corrected chi connectivity index (χ1v) is 9.34. The molecule has 144 valence electrons. The zero-order valence-corrected chi connectivity index (χ0v) is 15.6. The van der Waals surface area contributed by atoms with Crippen LogP contribution in [0.1, 0.15) is 41.0 Å². The first-order chi connectivity index (χ1) is 13.7. The zero-order chi connectivity index (χ0) is 19.5. The fourth-order valence-corrected chi connectivity index (χ4v) is 3.52. The van der Waals surface area contributed by atoms with Gasteiger partial charge >= 0.3 is 0 Å². The Morgan fingerprint density at radius 1 is 1.11 bits per heavy atom. The Bertz CT molecular complexity index is 981. The summed E-state index contributed by atoms with van der Waals surface area (Å²) in [4.78, 5) is 17.1. The van der Waals surface area contributed by atoms with Crippen molar-refractivity contribution in [3.05, 3.63) is 65.4 Å². The first-order valence-electron chi connectivity index (χ1n) is 9.34. The number of nitrogens with zero attached hydrogens (tertiary/aromatic N) is 3. The molecule has 28 heavy (non-hydrogen) atoms. The Kier molecular flexibility index (Phi) is 5.06. The Morgan fingerprint density at radius 3 is 2.61 bits per heavy atom. The number of benzene rings is 1. The molecule has 1 amide bonds. The number of aromatic nitrogens is 3. The van der Waals surface area contributed by atoms with Crippen LogP contribution in [0, 0.1) is 5.82 Å². The van der Waals surface area contributed by atoms with E-state index in [1.807, 2.05) is 0 Å². The fourth-order valence-electron chi connectivity index (χ4n) is 3.52. The van der Waals surface area contributed by atoms with Gasteiger partial charge in [0.05, 0.1) is 24.7 Å². The average molecular weight is 380 g/mol. The topological polar surface area (TPSA) is 69.0 Å². The molecule has 4 rings (SSSR count). The molecule has 0 unspecified atom stereocenters. The second-order valence-electron chi connectivity index (χ2n) is 6.77. The van der Waals surface area contributed by atoms with Gasteiger partial charge in [-0.05, 0) is 56.0 Å². The van der Waals surface area contributed by atoms with Gasteiger partial charge in [0.1, 0.15) is 5.82 Å². The van der Waals surface area contributed by atoms with E-state index in [2.05, 4.69) is 15.4 Å². The van der Waals surface area contributed by atoms with Crippen molar-refractivity contribution in [1.82, 2.24) is 14.8 Å². The maximum absolute atomic E-state index is 13.3. The van der Waals surface area contributed by atoms with Crippen LogP contribution < -0.4 is 10.1 Å². The molecule has 2 heterocycles. The number of halogens is 1. The van der Waals surface area contributed by atoms with Crippen molar-refractivity contribution in [1.29, 1.82) is 0 Å². The molecule has 1 N–H and O–H groups in total. The summed E-state index contributed by atoms with van der Waals surface area (Å²) in [6.07, 6.45) is 6.38. The van der Waals surface area contributed by atoms with Crippen molar-refractivity contribution in [2.45, 2.75) is 32.1 Å². The standard InChI is InChI=1S/C21H21FN4O2/c1-28-19-12-9-15(13-23-19)24-21(27)20-17-5-3-2-4-6-18(17)26(25-20)16-10-7-14(22)8-11-16/h7-13H,2-6H2,1H3,(H,24,27). The van der Waals surface area contributed by atoms with Crippen LogP contribution in [0.25, 0.3) is 5.69 Å². The number of hydrogen-bond donors (Lipinski definition) is 1. The number of anilines is 1. The highest BCUT2D eigenvalue weighted by atomic mass is 19.1. The van der Waals surface area contributed by atoms with Gasteiger partial charge in [-0.3, -0.25) is 4.79 Å². The second-order valence-corrected chi connectivity index (χ2v) is 6.77. The minimum atomic E-state index is -0.299. The SMILES string of the molecule is COc1ccc(NC(=O)c2nn(-c3ccc(F)cc3)c3c2CCCCC3)cn1. The number of nitrogens with one attached hydrogen (secondary N) is 1. The van der Waals surface area contributed by atoms with Crippen LogP contribution in [0.4, 0.5) is 10.1 Å². The average Bonchev–Trinajstić information content (AvgIpc) is 2.90. The van der Waals surface area contributed by atoms with E-state index in [0.29, 0.717) is 17.3 Å². The molecule has 0 bridgehead atoms. The van der Waals surface area contributed by atoms with Gasteiger partial charge in [0.25, 0.3) is 5.91 Å². The number of carbonyl (C=O) groups excluding carboxylic acids is 1. The van der Waals surface area contributed by atoms with Crippen molar-refractivity contribution >= 4 is 11.6 Å². The number of amides is 1. The number of hydrogen-bond acceptors (Lipinski definition) is 4. The smallest absolute Gasteiger partial charge is 0.276 e. The molecular formula is C21H21FN4O2. The number of fused-ring (bicyclic) bond motifs is 1. The maximum atomic E-state index is 13.3. The van der Waals surface area contributed by atoms with Crippen LogP contribution in [0.15, 0.2) is 42.6 Å². The highest BCUT2D eigenvalue weighted by Crippen LogP contribution is 2.27. The highest BCUT2D eigenvalue weighted by molar-refractivity contribution is 6.04. The van der Waals surface area contributed by atoms with Gasteiger partial charge < -0.3 is 10.1 Å². The molecule has 0 saturated heterocycles. The number of methoxy groups -OCH3 is 1. The molecule has 0 aliphatic heterocycles. The molecule has 7 heteroatoms. The Balaban J connectivity index is 1.69. The number of rotatable bonds is 4. The van der Waals surface area contributed by atoms with Crippen LogP contribution in [-0.2, 0) is 12.8 Å². The summed E-state index contributed by atoms with van der Waals surface area (Å²) in [6.45, 7) is 0. The number of carbonyl (C=O) groups is 1. The van der Waals surface area contributed by atoms with Gasteiger partial charge in [-0.15, -0.1) is 0 Å². The molecule has 0 radical (unpaired) electrons. The Morgan fingerprint density at radius 2 is 1.89 bits per heavy atom. The molecule has 1 aromatic carbocycles. The summed E-state index contributed by atoms with van der Waals surface area (Å²) in [5, 5.41) is 7.46. The molecular weight excluding hydrogens is 359 g/mol. The zero-order valence-electron chi connectivity index (χ0n) is 15.6. The van der Waals surface area contributed by atoms with Crippen molar-refractivity contribution in [2.24, 2.45) is 0 Å². The summed E-state index contributed by atoms with van der Waals surface area (Å²) >= 11 is 0. The van der Waals surface area contributed by atoms with Gasteiger partial charge in [-0.1, -0.05) is 6.42 Å². The van der Waals surface area contributed by atoms with E-state index >= 15 is 0 Å². The summed E-state index contributed by atoms with van der Waals surface area (Å²) in [5.74, 6) is -0.0922. The largest absolute Gasteiger partial charge is 0.481 e. The van der Waals surface area contributed by atoms with E-state index in [4.69, 9.17) is 4.74 Å². The minimum absolute atomic E-state index is 0.272. The Labute approximate surface area is 162 Å². The van der Waals surface area contributed by atoms with E-state index in [9.17, 15) is 9.18 Å². The lowest BCUT2D eigenvalue weighted by Crippen LogP contribution is -2.15. The van der Waals surface area contributed by atoms with Crippen molar-refractivity contribution in [2.75, 3.05) is 12.4 Å². The van der Waals surface area contributed by atoms with Crippen LogP contribution >= 0.6 is 0 Å². The molecule has 0 atom stereocenters. The van der Waals surface area contributed by atoms with E-state index in [1.54, 1.807) is 35.1 Å². The van der Waals surface area contributed by atoms with E-state index < -0.39 is 0 Å². The van der Waals surface area contributed by atoms with Crippen molar-refractivity contribution in [3.63, 3.8) is 0 Å². The summed E-state index contributed by atoms with van der Waals surface area (Å²) in [7, 11) is 1.54. The number of ether oxygens (including phenoxy) is 1. The molecule has 6 nitrogen and oxygen atoms in total. The first kappa shape index (κ1) is 18.2. The lowest BCUT2D eigenvalue weighted by Gasteiger charge is -2.07. The van der Waals surface area contributed by atoms with E-state index in [1.165, 1.54) is 19.2 Å². The third kappa shape index (κ3) is 3.60. The van der Waals surface area contributed by atoms with E-state index in [-0.39, 0.29) is 11.7 Å². The summed E-state index contributed by atoms with van der Waals surface area (Å²) in [5.41, 5.74) is 3.74. The Hall–Kier alpha value is -3.22. The lowest BCUT2D eigenvalue weighted by molar-refractivity contribution is 0.102. The molecule has 0 fully saturated rings. The fraction of sp³-hybridized carbons (Fsp3) is 0.286. The normalized spacial score (nSPS) is 13.5. The van der Waals surface area contributed by atoms with Crippen molar-refractivity contribution < 1.29 is 13.9 Å². The number of pyridine rings is 1. The minimum Gasteiger partial charge on any atom is -0.481 e. The second kappa shape index (κ2) is 7.80. The van der Waals surface area contributed by atoms with Crippen LogP contribution in [0.2, 0.25) is 0 Å². The quantitative estimate of drug-likeness (QED) is 0.696. The molecule has 1 aliphatic rings. The van der Waals surface area contributed by atoms with Gasteiger partial charge in [-0.2, -0.15) is 5.10 Å². The van der Waals surface area contributed by atoms with Crippen LogP contribution in [-0.4, -0.2) is 27.8 Å². The molecule has 1 aliphatic carbocycles. The van der Waals surface area contributed by atoms with Gasteiger partial charge in [0.2, 0.25) is 5.88 Å². The van der Waals surface area contributed by atoms with Gasteiger partial charge in [0, 0.05) is 17.3 Å². The highest BCUT2D eigenvalue weighted by Gasteiger charge is 2.25. The van der Waals surface area contributed by atoms with Gasteiger partial charge in [-0.25, -0.2) is 14.1 Å². The van der Waals surface area contributed by atoms with Crippen molar-refractivity contribution in [3.8, 4) is 11.6 Å². The van der Waals surface area contributed by atoms with Crippen LogP contribution in [0.5, 0.6) is 5.88 Å². The van der Waals surface area contributed by atoms with E-state index in [0.717, 1.165) is 49.0 Å². The molecule has 3 aromatic rings. The summed E-state index contributed by atoms with van der Waals surface area (Å²) in [6, 6.07) is 9.60. The van der Waals surface area contributed by atoms with Gasteiger partial charge in [0.15, 0.2) is 5.69 Å². The third-order valence-corrected chi connectivity index (χ3v) is 4.92. The predicted molar refractivity (Wildman–Crippen MR) is 104 cm³/mol. The molecule has 0 saturated carbocycles. The maximum Gasteiger partial charge on any atom is 0.276 e. The lowest BCUT2D eigenvalue weighted by atomic mass is 10.1. The summed E-state index contributed by atoms with van der Waals surface area (Å²) < 4.78 is 20.1. The monoisotopic (exact) mass is 380 g/mol. The predicted octanol–water partition coefficient (Wildman–Crippen LogP) is 3.94. The van der Waals surface area contributed by atoms with Crippen LogP contribution in [0.3, 0.4) is 0 Å². The molecule has 2 aromatic heterocycles.